The van der Waals surface area contributed by atoms with Gasteiger partial charge >= 0.3 is 0 Å². The summed E-state index contributed by atoms with van der Waals surface area (Å²) in [7, 11) is 0. The van der Waals surface area contributed by atoms with Crippen molar-refractivity contribution in [3.05, 3.63) is 47.6 Å². The van der Waals surface area contributed by atoms with Gasteiger partial charge < -0.3 is 16.8 Å². The number of allylic oxidation sites excluding steroid dienone is 1. The molecule has 0 atom stereocenters. The second kappa shape index (κ2) is 8.02. The van der Waals surface area contributed by atoms with Gasteiger partial charge in [0.05, 0.1) is 6.20 Å². The highest BCUT2D eigenvalue weighted by Crippen LogP contribution is 2.05. The summed E-state index contributed by atoms with van der Waals surface area (Å²) in [4.78, 5) is 8.17. The number of aromatic nitrogens is 1. The maximum atomic E-state index is 5.48. The zero-order valence-corrected chi connectivity index (χ0v) is 11.6. The minimum Gasteiger partial charge on any atom is -0.376 e. The summed E-state index contributed by atoms with van der Waals surface area (Å²) in [6.45, 7) is 2.05. The number of hydrogen-bond donors (Lipinski definition) is 3. The molecule has 0 spiro atoms. The number of nitrogens with zero attached hydrogens (tertiary/aromatic N) is 2. The lowest BCUT2D eigenvalue weighted by Gasteiger charge is -2.00. The second-order valence-electron chi connectivity index (χ2n) is 3.81. The Hall–Kier alpha value is -2.17. The molecule has 1 heterocycles. The lowest BCUT2D eigenvalue weighted by atomic mass is 10.1. The fourth-order valence-corrected chi connectivity index (χ4v) is 1.49. The number of pyridine rings is 1. The third-order valence-electron chi connectivity index (χ3n) is 2.29. The standard InChI is InChI=1S/C13H17N5S/c1-10-6-5-9-16-11(10)7-3-2-4-8-17-12(14)18-13(15)19/h2,5-6,8-9H,3,7H2,1H3,(H5,14,15,17,18,19). The van der Waals surface area contributed by atoms with Crippen molar-refractivity contribution in [2.24, 2.45) is 16.5 Å². The number of guanidine groups is 1. The van der Waals surface area contributed by atoms with E-state index in [1.165, 1.54) is 11.8 Å². The molecule has 1 aromatic rings. The van der Waals surface area contributed by atoms with Gasteiger partial charge in [0.15, 0.2) is 11.1 Å². The second-order valence-corrected chi connectivity index (χ2v) is 4.25. The van der Waals surface area contributed by atoms with E-state index in [9.17, 15) is 0 Å². The Kier molecular flexibility index (Phi) is 6.29. The van der Waals surface area contributed by atoms with Crippen molar-refractivity contribution in [1.29, 1.82) is 0 Å². The maximum absolute atomic E-state index is 5.48. The lowest BCUT2D eigenvalue weighted by molar-refractivity contribution is 0.928. The topological polar surface area (TPSA) is 89.3 Å². The molecule has 0 amide bonds. The van der Waals surface area contributed by atoms with Crippen LogP contribution in [0.25, 0.3) is 0 Å². The minimum absolute atomic E-state index is 0.0873. The van der Waals surface area contributed by atoms with Crippen molar-refractivity contribution in [1.82, 2.24) is 10.3 Å². The van der Waals surface area contributed by atoms with E-state index < -0.39 is 0 Å². The molecule has 0 aliphatic carbocycles. The monoisotopic (exact) mass is 275 g/mol. The van der Waals surface area contributed by atoms with E-state index in [1.807, 2.05) is 25.1 Å². The molecule has 0 saturated carbocycles. The van der Waals surface area contributed by atoms with Gasteiger partial charge in [-0.1, -0.05) is 6.07 Å². The zero-order chi connectivity index (χ0) is 14.1. The first-order chi connectivity index (χ1) is 9.09. The van der Waals surface area contributed by atoms with Crippen LogP contribution >= 0.6 is 12.2 Å². The van der Waals surface area contributed by atoms with Crippen molar-refractivity contribution < 1.29 is 0 Å². The SMILES string of the molecule is Cc1cccnc1CCC=C=CN=C(N)NC(N)=S. The Morgan fingerprint density at radius 1 is 1.58 bits per heavy atom. The van der Waals surface area contributed by atoms with Crippen molar-refractivity contribution in [2.45, 2.75) is 19.8 Å². The number of aliphatic imine (C=N–C) groups is 1. The summed E-state index contributed by atoms with van der Waals surface area (Å²) in [5.41, 5.74) is 15.9. The molecule has 0 aliphatic heterocycles. The van der Waals surface area contributed by atoms with E-state index in [-0.39, 0.29) is 11.1 Å². The molecular weight excluding hydrogens is 258 g/mol. The fourth-order valence-electron chi connectivity index (χ4n) is 1.39. The Morgan fingerprint density at radius 3 is 3.05 bits per heavy atom. The number of aryl methyl sites for hydroxylation is 2. The van der Waals surface area contributed by atoms with Gasteiger partial charge in [0, 0.05) is 11.9 Å². The molecule has 5 N–H and O–H groups in total. The van der Waals surface area contributed by atoms with E-state index in [4.69, 9.17) is 11.5 Å². The van der Waals surface area contributed by atoms with Crippen LogP contribution in [0.3, 0.4) is 0 Å². The Bertz CT molecular complexity index is 530. The smallest absolute Gasteiger partial charge is 0.200 e. The van der Waals surface area contributed by atoms with Gasteiger partial charge in [-0.05, 0) is 49.7 Å². The molecule has 0 saturated heterocycles. The molecule has 5 nitrogen and oxygen atoms in total. The number of nitrogens with two attached hydrogens (primary N) is 2. The predicted molar refractivity (Wildman–Crippen MR) is 81.5 cm³/mol. The van der Waals surface area contributed by atoms with Crippen LogP contribution in [0.5, 0.6) is 0 Å². The third-order valence-corrected chi connectivity index (χ3v) is 2.39. The van der Waals surface area contributed by atoms with E-state index in [1.54, 1.807) is 6.20 Å². The zero-order valence-electron chi connectivity index (χ0n) is 10.8. The van der Waals surface area contributed by atoms with Crippen LogP contribution in [0.2, 0.25) is 0 Å². The molecule has 1 rings (SSSR count). The van der Waals surface area contributed by atoms with Gasteiger partial charge in [-0.15, -0.1) is 5.73 Å². The molecule has 0 unspecified atom stereocenters. The van der Waals surface area contributed by atoms with Gasteiger partial charge in [0.1, 0.15) is 0 Å². The summed E-state index contributed by atoms with van der Waals surface area (Å²) in [5, 5.41) is 2.60. The largest absolute Gasteiger partial charge is 0.376 e. The van der Waals surface area contributed by atoms with Crippen LogP contribution in [0.1, 0.15) is 17.7 Å². The molecule has 19 heavy (non-hydrogen) atoms. The molecule has 0 radical (unpaired) electrons. The Balaban J connectivity index is 2.42. The molecule has 0 aromatic carbocycles. The van der Waals surface area contributed by atoms with Gasteiger partial charge in [0.25, 0.3) is 0 Å². The molecule has 0 aliphatic rings. The fraction of sp³-hybridized carbons (Fsp3) is 0.231. The van der Waals surface area contributed by atoms with Crippen LogP contribution < -0.4 is 16.8 Å². The average Bonchev–Trinajstić information content (AvgIpc) is 2.34. The van der Waals surface area contributed by atoms with E-state index >= 15 is 0 Å². The number of thiocarbonyl (C=S) groups is 1. The Labute approximate surface area is 118 Å². The van der Waals surface area contributed by atoms with Crippen LogP contribution in [0.15, 0.2) is 41.3 Å². The maximum Gasteiger partial charge on any atom is 0.200 e. The highest BCUT2D eigenvalue weighted by molar-refractivity contribution is 7.80. The normalized spacial score (nSPS) is 10.5. The molecular formula is C13H17N5S. The van der Waals surface area contributed by atoms with Crippen LogP contribution in [-0.4, -0.2) is 16.1 Å². The first-order valence-electron chi connectivity index (χ1n) is 5.79. The third kappa shape index (κ3) is 6.35. The molecule has 0 bridgehead atoms. The van der Waals surface area contributed by atoms with Gasteiger partial charge in [-0.3, -0.25) is 4.98 Å². The van der Waals surface area contributed by atoms with Gasteiger partial charge in [-0.2, -0.15) is 0 Å². The van der Waals surface area contributed by atoms with Crippen molar-refractivity contribution in [3.8, 4) is 0 Å². The summed E-state index contributed by atoms with van der Waals surface area (Å²) >= 11 is 4.62. The minimum atomic E-state index is 0.0873. The summed E-state index contributed by atoms with van der Waals surface area (Å²) in [6.07, 6.45) is 6.86. The molecule has 0 fully saturated rings. The summed E-state index contributed by atoms with van der Waals surface area (Å²) < 4.78 is 0. The lowest BCUT2D eigenvalue weighted by Crippen LogP contribution is -2.39. The van der Waals surface area contributed by atoms with Crippen LogP contribution in [-0.2, 0) is 6.42 Å². The average molecular weight is 275 g/mol. The summed E-state index contributed by atoms with van der Waals surface area (Å²) in [6, 6.07) is 3.98. The van der Waals surface area contributed by atoms with Gasteiger partial charge in [-0.25, -0.2) is 4.99 Å². The highest BCUT2D eigenvalue weighted by atomic mass is 32.1. The Morgan fingerprint density at radius 2 is 2.37 bits per heavy atom. The number of hydrogen-bond acceptors (Lipinski definition) is 3. The molecule has 6 heteroatoms. The molecule has 100 valence electrons. The molecule has 1 aromatic heterocycles. The number of nitrogens with one attached hydrogen (secondary N) is 1. The van der Waals surface area contributed by atoms with Crippen molar-refractivity contribution in [2.75, 3.05) is 0 Å². The van der Waals surface area contributed by atoms with E-state index in [2.05, 4.69) is 33.2 Å². The number of rotatable bonds is 4. The highest BCUT2D eigenvalue weighted by Gasteiger charge is 1.95. The van der Waals surface area contributed by atoms with E-state index in [0.29, 0.717) is 0 Å². The van der Waals surface area contributed by atoms with E-state index in [0.717, 1.165) is 18.5 Å². The first kappa shape index (κ1) is 14.9. The predicted octanol–water partition coefficient (Wildman–Crippen LogP) is 1.14. The van der Waals surface area contributed by atoms with Crippen molar-refractivity contribution in [3.63, 3.8) is 0 Å². The summed E-state index contributed by atoms with van der Waals surface area (Å²) in [5.74, 6) is 0.147. The van der Waals surface area contributed by atoms with Crippen LogP contribution in [0, 0.1) is 6.92 Å². The quantitative estimate of drug-likeness (QED) is 0.332. The van der Waals surface area contributed by atoms with Gasteiger partial charge in [0.2, 0.25) is 0 Å². The van der Waals surface area contributed by atoms with Crippen LogP contribution in [0.4, 0.5) is 0 Å². The van der Waals surface area contributed by atoms with Crippen molar-refractivity contribution >= 4 is 23.3 Å². The first-order valence-corrected chi connectivity index (χ1v) is 6.20.